The molecule has 1 aromatic heterocycles. The highest BCUT2D eigenvalue weighted by Crippen LogP contribution is 2.40. The molecule has 2 aromatic rings. The van der Waals surface area contributed by atoms with E-state index >= 15 is 0 Å². The van der Waals surface area contributed by atoms with E-state index in [0.717, 1.165) is 0 Å². The Kier molecular flexibility index (Phi) is 3.22. The molecule has 0 bridgehead atoms. The van der Waals surface area contributed by atoms with Gasteiger partial charge in [0, 0.05) is 5.56 Å². The monoisotopic (exact) mass is 251 g/mol. The van der Waals surface area contributed by atoms with Crippen LogP contribution in [0.2, 0.25) is 0 Å². The van der Waals surface area contributed by atoms with Crippen molar-refractivity contribution in [1.82, 2.24) is 10.1 Å². The van der Waals surface area contributed by atoms with Gasteiger partial charge in [0.2, 0.25) is 11.6 Å². The highest BCUT2D eigenvalue weighted by atomic mass is 16.5. The third-order valence-corrected chi connectivity index (χ3v) is 2.36. The first-order valence-electron chi connectivity index (χ1n) is 5.09. The Morgan fingerprint density at radius 1 is 1.06 bits per heavy atom. The summed E-state index contributed by atoms with van der Waals surface area (Å²) in [6, 6.07) is 3.43. The number of hydrogen-bond acceptors (Lipinski definition) is 7. The molecule has 0 amide bonds. The lowest BCUT2D eigenvalue weighted by atomic mass is 10.1. The lowest BCUT2D eigenvalue weighted by Crippen LogP contribution is -1.96. The van der Waals surface area contributed by atoms with Crippen molar-refractivity contribution in [2.45, 2.75) is 0 Å². The molecule has 1 heterocycles. The molecule has 96 valence electrons. The number of anilines is 1. The van der Waals surface area contributed by atoms with E-state index in [1.54, 1.807) is 12.1 Å². The molecule has 1 aromatic carbocycles. The van der Waals surface area contributed by atoms with Gasteiger partial charge in [0.15, 0.2) is 11.5 Å². The van der Waals surface area contributed by atoms with Gasteiger partial charge in [-0.3, -0.25) is 0 Å². The summed E-state index contributed by atoms with van der Waals surface area (Å²) in [7, 11) is 4.60. The molecular weight excluding hydrogens is 238 g/mol. The maximum absolute atomic E-state index is 5.39. The molecule has 0 spiro atoms. The van der Waals surface area contributed by atoms with E-state index in [1.165, 1.54) is 21.3 Å². The standard InChI is InChI=1S/C11H13N3O4/c1-15-7-4-6(10-13-11(12)18-14-10)5-8(16-2)9(7)17-3/h4-5H,1-3H3,(H2,12,13,14). The van der Waals surface area contributed by atoms with Gasteiger partial charge < -0.3 is 24.5 Å². The molecule has 0 aliphatic rings. The molecular formula is C11H13N3O4. The van der Waals surface area contributed by atoms with Gasteiger partial charge in [-0.2, -0.15) is 4.98 Å². The lowest BCUT2D eigenvalue weighted by molar-refractivity contribution is 0.324. The first kappa shape index (κ1) is 12.0. The van der Waals surface area contributed by atoms with Gasteiger partial charge in [0.25, 0.3) is 0 Å². The molecule has 0 atom stereocenters. The summed E-state index contributed by atoms with van der Waals surface area (Å²) in [5, 5.41) is 3.73. The second-order valence-electron chi connectivity index (χ2n) is 3.37. The zero-order valence-electron chi connectivity index (χ0n) is 10.3. The Hall–Kier alpha value is -2.44. The van der Waals surface area contributed by atoms with Crippen molar-refractivity contribution < 1.29 is 18.7 Å². The van der Waals surface area contributed by atoms with E-state index in [2.05, 4.69) is 10.1 Å². The lowest BCUT2D eigenvalue weighted by Gasteiger charge is -2.12. The SMILES string of the molecule is COc1cc(-c2noc(N)n2)cc(OC)c1OC. The van der Waals surface area contributed by atoms with Crippen molar-refractivity contribution in [2.75, 3.05) is 27.1 Å². The predicted octanol–water partition coefficient (Wildman–Crippen LogP) is 1.34. The number of nitrogens with two attached hydrogens (primary N) is 1. The van der Waals surface area contributed by atoms with Gasteiger partial charge in [0.1, 0.15) is 0 Å². The quantitative estimate of drug-likeness (QED) is 0.876. The first-order chi connectivity index (χ1) is 8.69. The second-order valence-corrected chi connectivity index (χ2v) is 3.37. The Morgan fingerprint density at radius 3 is 2.06 bits per heavy atom. The van der Waals surface area contributed by atoms with Crippen LogP contribution in [0.1, 0.15) is 0 Å². The summed E-state index contributed by atoms with van der Waals surface area (Å²) in [6.45, 7) is 0. The minimum Gasteiger partial charge on any atom is -0.493 e. The summed E-state index contributed by atoms with van der Waals surface area (Å²) in [5.74, 6) is 1.87. The number of ether oxygens (including phenoxy) is 3. The number of aromatic nitrogens is 2. The predicted molar refractivity (Wildman–Crippen MR) is 63.8 cm³/mol. The molecule has 0 saturated carbocycles. The Bertz CT molecular complexity index is 528. The maximum atomic E-state index is 5.39. The van der Waals surface area contributed by atoms with E-state index < -0.39 is 0 Å². The van der Waals surface area contributed by atoms with E-state index in [0.29, 0.717) is 28.6 Å². The smallest absolute Gasteiger partial charge is 0.319 e. The molecule has 18 heavy (non-hydrogen) atoms. The highest BCUT2D eigenvalue weighted by molar-refractivity contribution is 5.66. The van der Waals surface area contributed by atoms with Crippen LogP contribution in [0.15, 0.2) is 16.7 Å². The minimum atomic E-state index is -0.00116. The van der Waals surface area contributed by atoms with E-state index in [-0.39, 0.29) is 6.01 Å². The maximum Gasteiger partial charge on any atom is 0.319 e. The van der Waals surface area contributed by atoms with Crippen molar-refractivity contribution >= 4 is 6.01 Å². The van der Waals surface area contributed by atoms with E-state index in [9.17, 15) is 0 Å². The summed E-state index contributed by atoms with van der Waals surface area (Å²) in [6.07, 6.45) is 0. The third kappa shape index (κ3) is 2.02. The molecule has 7 nitrogen and oxygen atoms in total. The van der Waals surface area contributed by atoms with Crippen LogP contribution in [0, 0.1) is 0 Å². The number of methoxy groups -OCH3 is 3. The average Bonchev–Trinajstić information content (AvgIpc) is 2.83. The van der Waals surface area contributed by atoms with Crippen LogP contribution in [0.25, 0.3) is 11.4 Å². The average molecular weight is 251 g/mol. The van der Waals surface area contributed by atoms with Crippen LogP contribution >= 0.6 is 0 Å². The number of nitrogens with zero attached hydrogens (tertiary/aromatic N) is 2. The molecule has 0 aliphatic heterocycles. The first-order valence-corrected chi connectivity index (χ1v) is 5.09. The molecule has 2 N–H and O–H groups in total. The Morgan fingerprint density at radius 2 is 1.67 bits per heavy atom. The summed E-state index contributed by atoms with van der Waals surface area (Å²) < 4.78 is 20.4. The van der Waals surface area contributed by atoms with Gasteiger partial charge in [0.05, 0.1) is 21.3 Å². The van der Waals surface area contributed by atoms with Gasteiger partial charge in [-0.1, -0.05) is 5.16 Å². The number of rotatable bonds is 4. The van der Waals surface area contributed by atoms with Crippen molar-refractivity contribution in [3.05, 3.63) is 12.1 Å². The Balaban J connectivity index is 2.56. The van der Waals surface area contributed by atoms with E-state index in [4.69, 9.17) is 24.5 Å². The number of hydrogen-bond donors (Lipinski definition) is 1. The molecule has 0 unspecified atom stereocenters. The normalized spacial score (nSPS) is 10.2. The van der Waals surface area contributed by atoms with Crippen molar-refractivity contribution in [3.8, 4) is 28.6 Å². The molecule has 0 radical (unpaired) electrons. The third-order valence-electron chi connectivity index (χ3n) is 2.36. The molecule has 2 rings (SSSR count). The minimum absolute atomic E-state index is 0.00116. The zero-order chi connectivity index (χ0) is 13.1. The molecule has 0 saturated heterocycles. The van der Waals surface area contributed by atoms with Gasteiger partial charge in [-0.15, -0.1) is 0 Å². The van der Waals surface area contributed by atoms with Crippen LogP contribution in [-0.2, 0) is 0 Å². The van der Waals surface area contributed by atoms with Crippen molar-refractivity contribution in [1.29, 1.82) is 0 Å². The number of nitrogen functional groups attached to an aromatic ring is 1. The highest BCUT2D eigenvalue weighted by Gasteiger charge is 2.16. The number of benzene rings is 1. The fourth-order valence-electron chi connectivity index (χ4n) is 1.56. The van der Waals surface area contributed by atoms with Gasteiger partial charge >= 0.3 is 6.01 Å². The van der Waals surface area contributed by atoms with Crippen LogP contribution in [0.3, 0.4) is 0 Å². The fourth-order valence-corrected chi connectivity index (χ4v) is 1.56. The van der Waals surface area contributed by atoms with Crippen LogP contribution in [0.5, 0.6) is 17.2 Å². The van der Waals surface area contributed by atoms with Crippen molar-refractivity contribution in [3.63, 3.8) is 0 Å². The topological polar surface area (TPSA) is 92.6 Å². The molecule has 0 fully saturated rings. The van der Waals surface area contributed by atoms with Gasteiger partial charge in [-0.25, -0.2) is 0 Å². The van der Waals surface area contributed by atoms with E-state index in [1.807, 2.05) is 0 Å². The second kappa shape index (κ2) is 4.82. The van der Waals surface area contributed by atoms with Gasteiger partial charge in [-0.05, 0) is 12.1 Å². The largest absolute Gasteiger partial charge is 0.493 e. The van der Waals surface area contributed by atoms with Crippen LogP contribution in [-0.4, -0.2) is 31.5 Å². The summed E-state index contributed by atoms with van der Waals surface area (Å²) in [5.41, 5.74) is 6.04. The zero-order valence-corrected chi connectivity index (χ0v) is 10.3. The van der Waals surface area contributed by atoms with Crippen LogP contribution < -0.4 is 19.9 Å². The fraction of sp³-hybridized carbons (Fsp3) is 0.273. The van der Waals surface area contributed by atoms with Crippen molar-refractivity contribution in [2.24, 2.45) is 0 Å². The summed E-state index contributed by atoms with van der Waals surface area (Å²) >= 11 is 0. The van der Waals surface area contributed by atoms with Crippen LogP contribution in [0.4, 0.5) is 6.01 Å². The Labute approximate surface area is 103 Å². The molecule has 7 heteroatoms. The molecule has 0 aliphatic carbocycles. The summed E-state index contributed by atoms with van der Waals surface area (Å²) in [4.78, 5) is 3.94.